The third-order valence-electron chi connectivity index (χ3n) is 4.60. The number of hydroxylamine groups is 2. The third-order valence-corrected chi connectivity index (χ3v) is 4.60. The number of rotatable bonds is 1. The molecule has 4 nitrogen and oxygen atoms in total. The molecule has 100 valence electrons. The number of hydrogen-bond donors (Lipinski definition) is 0. The Labute approximate surface area is 109 Å². The molecule has 1 saturated heterocycles. The van der Waals surface area contributed by atoms with E-state index in [-0.39, 0.29) is 0 Å². The maximum absolute atomic E-state index is 6.07. The molecule has 0 spiro atoms. The van der Waals surface area contributed by atoms with E-state index in [0.29, 0.717) is 0 Å². The van der Waals surface area contributed by atoms with Crippen LogP contribution in [0.15, 0.2) is 12.2 Å². The van der Waals surface area contributed by atoms with Crippen LogP contribution in [0.4, 0.5) is 0 Å². The summed E-state index contributed by atoms with van der Waals surface area (Å²) in [6.45, 7) is 2.17. The van der Waals surface area contributed by atoms with Crippen molar-refractivity contribution in [2.24, 2.45) is 23.7 Å². The lowest BCUT2D eigenvalue weighted by atomic mass is 9.86. The zero-order valence-corrected chi connectivity index (χ0v) is 11.8. The van der Waals surface area contributed by atoms with Gasteiger partial charge in [0.05, 0.1) is 28.2 Å². The number of amidine groups is 1. The minimum atomic E-state index is 0.816. The Bertz CT molecular complexity index is 378. The summed E-state index contributed by atoms with van der Waals surface area (Å²) < 4.78 is 2.03. The first-order valence-electron chi connectivity index (χ1n) is 6.89. The second-order valence-corrected chi connectivity index (χ2v) is 6.29. The van der Waals surface area contributed by atoms with Crippen molar-refractivity contribution >= 4 is 6.02 Å². The van der Waals surface area contributed by atoms with Crippen LogP contribution in [0.1, 0.15) is 6.42 Å². The Morgan fingerprint density at radius 1 is 1.17 bits per heavy atom. The molecule has 0 aromatic heterocycles. The standard InChI is InChI=1S/C14H24N3O/c1-15(2)14(16(3)4)18-17-8-12-10-5-6-11(7-10)13(12)9-17/h5-6,10-13H,7-9H2,1-4H3/q+1. The molecule has 1 saturated carbocycles. The van der Waals surface area contributed by atoms with Crippen LogP contribution in [0.2, 0.25) is 0 Å². The van der Waals surface area contributed by atoms with Gasteiger partial charge in [-0.15, -0.1) is 5.06 Å². The van der Waals surface area contributed by atoms with E-state index in [1.807, 2.05) is 37.7 Å². The summed E-state index contributed by atoms with van der Waals surface area (Å²) in [5.74, 6) is 3.28. The van der Waals surface area contributed by atoms with Gasteiger partial charge < -0.3 is 4.84 Å². The summed E-state index contributed by atoms with van der Waals surface area (Å²) in [7, 11) is 8.10. The van der Waals surface area contributed by atoms with Crippen molar-refractivity contribution < 1.29 is 9.41 Å². The highest BCUT2D eigenvalue weighted by Gasteiger charge is 2.50. The lowest BCUT2D eigenvalue weighted by Gasteiger charge is -2.20. The Morgan fingerprint density at radius 2 is 1.72 bits per heavy atom. The highest BCUT2D eigenvalue weighted by atomic mass is 16.7. The summed E-state index contributed by atoms with van der Waals surface area (Å²) in [6.07, 6.45) is 6.25. The smallest absolute Gasteiger partial charge is 0.332 e. The Hall–Kier alpha value is -1.03. The summed E-state index contributed by atoms with van der Waals surface area (Å²) in [5.41, 5.74) is 0. The quantitative estimate of drug-likeness (QED) is 0.298. The lowest BCUT2D eigenvalue weighted by molar-refractivity contribution is -0.486. The Morgan fingerprint density at radius 3 is 2.17 bits per heavy atom. The van der Waals surface area contributed by atoms with Gasteiger partial charge in [0, 0.05) is 13.1 Å². The molecule has 1 heterocycles. The molecule has 0 aromatic carbocycles. The van der Waals surface area contributed by atoms with Crippen molar-refractivity contribution in [2.45, 2.75) is 6.42 Å². The zero-order valence-electron chi connectivity index (χ0n) is 11.8. The first-order chi connectivity index (χ1) is 8.56. The normalized spacial score (nSPS) is 36.9. The van der Waals surface area contributed by atoms with E-state index in [0.717, 1.165) is 42.8 Å². The zero-order chi connectivity index (χ0) is 12.9. The van der Waals surface area contributed by atoms with Crippen LogP contribution >= 0.6 is 0 Å². The molecule has 0 amide bonds. The summed E-state index contributed by atoms with van der Waals surface area (Å²) in [5, 5.41) is 2.16. The first-order valence-corrected chi connectivity index (χ1v) is 6.89. The van der Waals surface area contributed by atoms with Crippen LogP contribution in [0.3, 0.4) is 0 Å². The van der Waals surface area contributed by atoms with Crippen molar-refractivity contribution in [2.75, 3.05) is 41.3 Å². The second-order valence-electron chi connectivity index (χ2n) is 6.29. The SMILES string of the molecule is CN(C)C(ON1CC2C3C=CC(C3)C2C1)=[N+](C)C. The van der Waals surface area contributed by atoms with E-state index in [1.165, 1.54) is 6.42 Å². The van der Waals surface area contributed by atoms with Crippen molar-refractivity contribution in [1.82, 2.24) is 9.96 Å². The van der Waals surface area contributed by atoms with Gasteiger partial charge in [-0.05, 0) is 30.1 Å². The van der Waals surface area contributed by atoms with Gasteiger partial charge in [0.25, 0.3) is 0 Å². The maximum Gasteiger partial charge on any atom is 0.464 e. The molecule has 4 heteroatoms. The first kappa shape index (κ1) is 12.0. The number of allylic oxidation sites excluding steroid dienone is 2. The molecule has 0 radical (unpaired) electrons. The van der Waals surface area contributed by atoms with Gasteiger partial charge >= 0.3 is 6.02 Å². The fraction of sp³-hybridized carbons (Fsp3) is 0.786. The molecule has 4 unspecified atom stereocenters. The average Bonchev–Trinajstić information content (AvgIpc) is 2.96. The van der Waals surface area contributed by atoms with E-state index in [9.17, 15) is 0 Å². The van der Waals surface area contributed by atoms with Crippen molar-refractivity contribution in [3.63, 3.8) is 0 Å². The second kappa shape index (κ2) is 4.26. The molecule has 2 fully saturated rings. The predicted octanol–water partition coefficient (Wildman–Crippen LogP) is 0.862. The summed E-state index contributed by atoms with van der Waals surface area (Å²) in [6, 6.07) is 0.912. The fourth-order valence-corrected chi connectivity index (χ4v) is 3.87. The predicted molar refractivity (Wildman–Crippen MR) is 71.2 cm³/mol. The minimum absolute atomic E-state index is 0.816. The van der Waals surface area contributed by atoms with Crippen LogP contribution in [0.25, 0.3) is 0 Å². The molecule has 4 atom stereocenters. The van der Waals surface area contributed by atoms with Crippen LogP contribution in [0, 0.1) is 23.7 Å². The van der Waals surface area contributed by atoms with Crippen molar-refractivity contribution in [1.29, 1.82) is 0 Å². The van der Waals surface area contributed by atoms with Crippen molar-refractivity contribution in [3.8, 4) is 0 Å². The molecule has 0 aromatic rings. The van der Waals surface area contributed by atoms with E-state index in [4.69, 9.17) is 4.84 Å². The molecule has 2 bridgehead atoms. The highest BCUT2D eigenvalue weighted by Crippen LogP contribution is 2.51. The number of hydrogen-bond acceptors (Lipinski definition) is 2. The van der Waals surface area contributed by atoms with E-state index in [2.05, 4.69) is 17.2 Å². The van der Waals surface area contributed by atoms with Gasteiger partial charge in [0.15, 0.2) is 0 Å². The van der Waals surface area contributed by atoms with E-state index in [1.54, 1.807) is 0 Å². The molecule has 3 rings (SSSR count). The topological polar surface area (TPSA) is 18.7 Å². The Balaban J connectivity index is 1.66. The number of nitrogens with zero attached hydrogens (tertiary/aromatic N) is 3. The van der Waals surface area contributed by atoms with Crippen LogP contribution < -0.4 is 0 Å². The van der Waals surface area contributed by atoms with E-state index < -0.39 is 0 Å². The molecule has 0 N–H and O–H groups in total. The van der Waals surface area contributed by atoms with Crippen LogP contribution in [-0.2, 0) is 4.84 Å². The van der Waals surface area contributed by atoms with Crippen molar-refractivity contribution in [3.05, 3.63) is 12.2 Å². The average molecular weight is 250 g/mol. The van der Waals surface area contributed by atoms with Gasteiger partial charge in [-0.25, -0.2) is 9.48 Å². The molecule has 3 aliphatic rings. The van der Waals surface area contributed by atoms with Gasteiger partial charge in [0.1, 0.15) is 0 Å². The van der Waals surface area contributed by atoms with Crippen LogP contribution in [-0.4, -0.2) is 61.8 Å². The monoisotopic (exact) mass is 250 g/mol. The summed E-state index contributed by atoms with van der Waals surface area (Å²) in [4.78, 5) is 8.10. The Kier molecular flexibility index (Phi) is 2.85. The maximum atomic E-state index is 6.07. The van der Waals surface area contributed by atoms with Crippen LogP contribution in [0.5, 0.6) is 0 Å². The summed E-state index contributed by atoms with van der Waals surface area (Å²) >= 11 is 0. The molecular formula is C14H24N3O+. The van der Waals surface area contributed by atoms with Gasteiger partial charge in [-0.3, -0.25) is 0 Å². The highest BCUT2D eigenvalue weighted by molar-refractivity contribution is 5.67. The largest absolute Gasteiger partial charge is 0.464 e. The third kappa shape index (κ3) is 1.83. The minimum Gasteiger partial charge on any atom is -0.332 e. The molecule has 2 aliphatic carbocycles. The number of fused-ring (bicyclic) bond motifs is 5. The van der Waals surface area contributed by atoms with Gasteiger partial charge in [-0.1, -0.05) is 12.2 Å². The molecule has 18 heavy (non-hydrogen) atoms. The molecular weight excluding hydrogens is 226 g/mol. The van der Waals surface area contributed by atoms with E-state index >= 15 is 0 Å². The lowest BCUT2D eigenvalue weighted by Crippen LogP contribution is -2.38. The van der Waals surface area contributed by atoms with Gasteiger partial charge in [-0.2, -0.15) is 0 Å². The van der Waals surface area contributed by atoms with Gasteiger partial charge in [0.2, 0.25) is 0 Å². The fourth-order valence-electron chi connectivity index (χ4n) is 3.87. The molecule has 1 aliphatic heterocycles.